The van der Waals surface area contributed by atoms with Crippen LogP contribution in [0, 0.1) is 5.82 Å². The molecule has 0 amide bonds. The van der Waals surface area contributed by atoms with Crippen LogP contribution in [0.5, 0.6) is 0 Å². The van der Waals surface area contributed by atoms with Gasteiger partial charge >= 0.3 is 0 Å². The summed E-state index contributed by atoms with van der Waals surface area (Å²) in [6.45, 7) is 4.85. The number of benzene rings is 2. The normalized spacial score (nSPS) is 16.0. The molecular formula is C23H28FNO. The Morgan fingerprint density at radius 2 is 1.73 bits per heavy atom. The molecule has 26 heavy (non-hydrogen) atoms. The first-order valence-electron chi connectivity index (χ1n) is 9.60. The summed E-state index contributed by atoms with van der Waals surface area (Å²) >= 11 is 0. The Balaban J connectivity index is 1.59. The summed E-state index contributed by atoms with van der Waals surface area (Å²) in [5.41, 5.74) is 3.83. The van der Waals surface area contributed by atoms with E-state index in [1.807, 2.05) is 12.1 Å². The number of halogens is 1. The van der Waals surface area contributed by atoms with E-state index in [4.69, 9.17) is 4.74 Å². The molecule has 0 atom stereocenters. The number of morpholine rings is 1. The van der Waals surface area contributed by atoms with Crippen molar-refractivity contribution in [2.75, 3.05) is 32.8 Å². The van der Waals surface area contributed by atoms with Crippen LogP contribution in [0.1, 0.15) is 30.4 Å². The summed E-state index contributed by atoms with van der Waals surface area (Å²) in [5.74, 6) is -0.175. The smallest absolute Gasteiger partial charge is 0.123 e. The fourth-order valence-corrected chi connectivity index (χ4v) is 3.40. The second-order valence-electron chi connectivity index (χ2n) is 6.82. The zero-order valence-electron chi connectivity index (χ0n) is 15.4. The van der Waals surface area contributed by atoms with Crippen molar-refractivity contribution >= 4 is 5.57 Å². The van der Waals surface area contributed by atoms with Crippen LogP contribution in [0.2, 0.25) is 0 Å². The lowest BCUT2D eigenvalue weighted by Crippen LogP contribution is -2.36. The van der Waals surface area contributed by atoms with Gasteiger partial charge in [0.1, 0.15) is 5.82 Å². The monoisotopic (exact) mass is 353 g/mol. The number of aryl methyl sites for hydroxylation is 1. The summed E-state index contributed by atoms with van der Waals surface area (Å²) < 4.78 is 18.7. The maximum atomic E-state index is 13.3. The van der Waals surface area contributed by atoms with Gasteiger partial charge in [-0.15, -0.1) is 0 Å². The third kappa shape index (κ3) is 6.08. The van der Waals surface area contributed by atoms with E-state index in [2.05, 4.69) is 41.3 Å². The first kappa shape index (κ1) is 18.8. The van der Waals surface area contributed by atoms with Crippen LogP contribution in [-0.2, 0) is 11.2 Å². The molecule has 1 heterocycles. The van der Waals surface area contributed by atoms with Crippen LogP contribution in [-0.4, -0.2) is 37.7 Å². The first-order chi connectivity index (χ1) is 12.8. The minimum Gasteiger partial charge on any atom is -0.379 e. The number of allylic oxidation sites excluding steroid dienone is 2. The van der Waals surface area contributed by atoms with Gasteiger partial charge in [0.2, 0.25) is 0 Å². The highest BCUT2D eigenvalue weighted by Gasteiger charge is 2.10. The van der Waals surface area contributed by atoms with Gasteiger partial charge in [-0.3, -0.25) is 4.90 Å². The van der Waals surface area contributed by atoms with Crippen molar-refractivity contribution < 1.29 is 9.13 Å². The molecule has 2 aromatic carbocycles. The minimum absolute atomic E-state index is 0.175. The van der Waals surface area contributed by atoms with Crippen molar-refractivity contribution in [3.63, 3.8) is 0 Å². The molecule has 0 bridgehead atoms. The number of hydrogen-bond donors (Lipinski definition) is 0. The zero-order valence-corrected chi connectivity index (χ0v) is 15.4. The van der Waals surface area contributed by atoms with Crippen LogP contribution in [0.3, 0.4) is 0 Å². The number of nitrogens with zero attached hydrogens (tertiary/aromatic N) is 1. The molecule has 3 rings (SSSR count). The number of hydrogen-bond acceptors (Lipinski definition) is 2. The molecule has 0 spiro atoms. The Bertz CT molecular complexity index is 675. The van der Waals surface area contributed by atoms with E-state index in [9.17, 15) is 4.39 Å². The van der Waals surface area contributed by atoms with Crippen molar-refractivity contribution in [3.8, 4) is 0 Å². The van der Waals surface area contributed by atoms with E-state index in [0.717, 1.165) is 64.1 Å². The van der Waals surface area contributed by atoms with Crippen LogP contribution in [0.25, 0.3) is 5.57 Å². The van der Waals surface area contributed by atoms with Crippen molar-refractivity contribution in [2.24, 2.45) is 0 Å². The lowest BCUT2D eigenvalue weighted by molar-refractivity contribution is 0.0376. The molecule has 2 nitrogen and oxygen atoms in total. The van der Waals surface area contributed by atoms with Gasteiger partial charge in [0, 0.05) is 13.1 Å². The molecule has 1 saturated heterocycles. The molecule has 3 heteroatoms. The Kier molecular flexibility index (Phi) is 7.41. The van der Waals surface area contributed by atoms with E-state index in [-0.39, 0.29) is 5.82 Å². The number of ether oxygens (including phenoxy) is 1. The summed E-state index contributed by atoms with van der Waals surface area (Å²) in [6.07, 6.45) is 6.52. The third-order valence-corrected chi connectivity index (χ3v) is 4.91. The summed E-state index contributed by atoms with van der Waals surface area (Å²) in [5, 5.41) is 0. The highest BCUT2D eigenvalue weighted by atomic mass is 19.1. The topological polar surface area (TPSA) is 12.5 Å². The maximum Gasteiger partial charge on any atom is 0.123 e. The van der Waals surface area contributed by atoms with E-state index in [1.165, 1.54) is 11.1 Å². The first-order valence-corrected chi connectivity index (χ1v) is 9.60. The Labute approximate surface area is 156 Å². The van der Waals surface area contributed by atoms with Gasteiger partial charge in [-0.1, -0.05) is 48.5 Å². The second-order valence-corrected chi connectivity index (χ2v) is 6.82. The fourth-order valence-electron chi connectivity index (χ4n) is 3.40. The Morgan fingerprint density at radius 3 is 2.46 bits per heavy atom. The Hall–Kier alpha value is -1.97. The number of rotatable bonds is 8. The highest BCUT2D eigenvalue weighted by Crippen LogP contribution is 2.22. The van der Waals surface area contributed by atoms with Gasteiger partial charge in [0.15, 0.2) is 0 Å². The van der Waals surface area contributed by atoms with Crippen LogP contribution < -0.4 is 0 Å². The summed E-state index contributed by atoms with van der Waals surface area (Å²) in [4.78, 5) is 2.47. The zero-order chi connectivity index (χ0) is 18.0. The molecule has 0 aromatic heterocycles. The average molecular weight is 353 g/mol. The third-order valence-electron chi connectivity index (χ3n) is 4.91. The van der Waals surface area contributed by atoms with Gasteiger partial charge in [0.05, 0.1) is 13.2 Å². The fraction of sp³-hybridized carbons (Fsp3) is 0.391. The highest BCUT2D eigenvalue weighted by molar-refractivity contribution is 5.65. The molecule has 2 aromatic rings. The molecule has 0 saturated carbocycles. The van der Waals surface area contributed by atoms with Crippen LogP contribution in [0.4, 0.5) is 4.39 Å². The van der Waals surface area contributed by atoms with Gasteiger partial charge in [-0.25, -0.2) is 4.39 Å². The standard InChI is InChI=1S/C23H28FNO/c24-23-13-11-22(12-14-23)21(9-4-8-20-6-2-1-3-7-20)10-5-15-25-16-18-26-19-17-25/h1-3,6-7,9,11-14H,4-5,8,10,15-19H2. The molecule has 0 N–H and O–H groups in total. The summed E-state index contributed by atoms with van der Waals surface area (Å²) in [6, 6.07) is 17.5. The lowest BCUT2D eigenvalue weighted by atomic mass is 9.98. The predicted molar refractivity (Wildman–Crippen MR) is 106 cm³/mol. The van der Waals surface area contributed by atoms with Gasteiger partial charge in [-0.05, 0) is 61.1 Å². The van der Waals surface area contributed by atoms with Crippen molar-refractivity contribution in [1.29, 1.82) is 0 Å². The van der Waals surface area contributed by atoms with E-state index >= 15 is 0 Å². The van der Waals surface area contributed by atoms with E-state index in [1.54, 1.807) is 12.1 Å². The molecule has 0 unspecified atom stereocenters. The van der Waals surface area contributed by atoms with E-state index in [0.29, 0.717) is 0 Å². The van der Waals surface area contributed by atoms with Crippen LogP contribution >= 0.6 is 0 Å². The lowest BCUT2D eigenvalue weighted by Gasteiger charge is -2.26. The second kappa shape index (κ2) is 10.2. The largest absolute Gasteiger partial charge is 0.379 e. The molecule has 138 valence electrons. The molecular weight excluding hydrogens is 325 g/mol. The minimum atomic E-state index is -0.175. The van der Waals surface area contributed by atoms with Crippen molar-refractivity contribution in [1.82, 2.24) is 4.90 Å². The van der Waals surface area contributed by atoms with Crippen molar-refractivity contribution in [2.45, 2.75) is 25.7 Å². The molecule has 1 aliphatic rings. The molecule has 0 aliphatic carbocycles. The van der Waals surface area contributed by atoms with Gasteiger partial charge < -0.3 is 4.74 Å². The quantitative estimate of drug-likeness (QED) is 0.665. The molecule has 0 radical (unpaired) electrons. The Morgan fingerprint density at radius 1 is 1.00 bits per heavy atom. The average Bonchev–Trinajstić information content (AvgIpc) is 2.69. The van der Waals surface area contributed by atoms with Crippen molar-refractivity contribution in [3.05, 3.63) is 77.6 Å². The maximum absolute atomic E-state index is 13.3. The SMILES string of the molecule is Fc1ccc(C(=CCCc2ccccc2)CCCN2CCOCC2)cc1. The van der Waals surface area contributed by atoms with Gasteiger partial charge in [0.25, 0.3) is 0 Å². The van der Waals surface area contributed by atoms with E-state index < -0.39 is 0 Å². The molecule has 1 fully saturated rings. The van der Waals surface area contributed by atoms with Gasteiger partial charge in [-0.2, -0.15) is 0 Å². The summed E-state index contributed by atoms with van der Waals surface area (Å²) in [7, 11) is 0. The molecule has 1 aliphatic heterocycles. The predicted octanol–water partition coefficient (Wildman–Crippen LogP) is 4.95. The van der Waals surface area contributed by atoms with Crippen LogP contribution in [0.15, 0.2) is 60.7 Å².